The van der Waals surface area contributed by atoms with Gasteiger partial charge in [-0.2, -0.15) is 4.31 Å². The Bertz CT molecular complexity index is 788. The van der Waals surface area contributed by atoms with Crippen LogP contribution in [0.5, 0.6) is 11.5 Å². The highest BCUT2D eigenvalue weighted by Gasteiger charge is 2.43. The maximum atomic E-state index is 13.1. The second-order valence-electron chi connectivity index (χ2n) is 6.05. The van der Waals surface area contributed by atoms with E-state index in [0.29, 0.717) is 0 Å². The van der Waals surface area contributed by atoms with Crippen LogP contribution in [0, 0.1) is 5.41 Å². The summed E-state index contributed by atoms with van der Waals surface area (Å²) in [4.78, 5) is 9.99. The minimum Gasteiger partial charge on any atom is -0.396 e. The van der Waals surface area contributed by atoms with Crippen molar-refractivity contribution in [3.8, 4) is 11.5 Å². The van der Waals surface area contributed by atoms with Gasteiger partial charge in [0, 0.05) is 0 Å². The van der Waals surface area contributed by atoms with Crippen LogP contribution in [0.15, 0.2) is 60.7 Å². The number of aliphatic hydroxyl groups is 3. The second-order valence-corrected chi connectivity index (χ2v) is 9.16. The molecule has 0 saturated heterocycles. The molecule has 2 aromatic carbocycles. The number of phosphoric ester groups is 2. The monoisotopic (exact) mass is 448 g/mol. The van der Waals surface area contributed by atoms with Crippen molar-refractivity contribution in [2.45, 2.75) is 0 Å². The maximum absolute atomic E-state index is 13.1. The molecule has 1 unspecified atom stereocenters. The Hall–Kier alpha value is -1.74. The third-order valence-electron chi connectivity index (χ3n) is 3.66. The highest BCUT2D eigenvalue weighted by atomic mass is 31.3. The molecule has 0 aromatic heterocycles. The lowest BCUT2D eigenvalue weighted by Crippen LogP contribution is -2.38. The summed E-state index contributed by atoms with van der Waals surface area (Å²) in [7, 11) is -9.79. The van der Waals surface area contributed by atoms with Gasteiger partial charge in [0.05, 0.1) is 31.8 Å². The average molecular weight is 448 g/mol. The summed E-state index contributed by atoms with van der Waals surface area (Å²) < 4.78 is 45.3. The van der Waals surface area contributed by atoms with Gasteiger partial charge in [-0.25, -0.2) is 9.13 Å². The molecule has 0 aliphatic carbocycles. The molecule has 12 heteroatoms. The van der Waals surface area contributed by atoms with Crippen molar-refractivity contribution in [3.05, 3.63) is 60.7 Å². The molecule has 4 N–H and O–H groups in total. The molecule has 0 aliphatic rings. The molecule has 0 spiro atoms. The largest absolute Gasteiger partial charge is 0.596 e. The van der Waals surface area contributed by atoms with Gasteiger partial charge in [-0.3, -0.25) is 4.52 Å². The molecule has 0 saturated carbocycles. The first-order valence-corrected chi connectivity index (χ1v) is 11.3. The third-order valence-corrected chi connectivity index (χ3v) is 6.61. The van der Waals surface area contributed by atoms with E-state index in [9.17, 15) is 29.3 Å². The van der Waals surface area contributed by atoms with Crippen molar-refractivity contribution >= 4 is 15.6 Å². The van der Waals surface area contributed by atoms with Crippen LogP contribution in [0.1, 0.15) is 0 Å². The number of phosphoric acid groups is 2. The predicted molar refractivity (Wildman–Crippen MR) is 102 cm³/mol. The van der Waals surface area contributed by atoms with E-state index in [4.69, 9.17) is 17.9 Å². The number of para-hydroxylation sites is 2. The highest BCUT2D eigenvalue weighted by molar-refractivity contribution is 7.62. The van der Waals surface area contributed by atoms with Crippen LogP contribution in [0.4, 0.5) is 0 Å². The van der Waals surface area contributed by atoms with E-state index in [-0.39, 0.29) is 11.5 Å². The standard InChI is InChI=1S/C17H22O10P2/c18-11-17(12-19,13-20)14-24-28(21,22)27-29(23,25-15-7-3-1-4-8-15)26-16-9-5-2-6-10-16/h1-10,18-20H,11-14H2,(H,21,22). The van der Waals surface area contributed by atoms with E-state index in [0.717, 1.165) is 0 Å². The zero-order chi connectivity index (χ0) is 21.4. The first-order chi connectivity index (χ1) is 13.8. The summed E-state index contributed by atoms with van der Waals surface area (Å²) in [5.74, 6) is 0.0874. The van der Waals surface area contributed by atoms with Crippen LogP contribution in [-0.2, 0) is 18.0 Å². The number of benzene rings is 2. The topological polar surface area (TPSA) is 152 Å². The van der Waals surface area contributed by atoms with Crippen molar-refractivity contribution in [2.75, 3.05) is 26.4 Å². The zero-order valence-corrected chi connectivity index (χ0v) is 17.0. The summed E-state index contributed by atoms with van der Waals surface area (Å²) >= 11 is 0. The molecule has 2 rings (SSSR count). The first-order valence-electron chi connectivity index (χ1n) is 8.36. The molecular formula is C17H22O10P2. The van der Waals surface area contributed by atoms with E-state index in [2.05, 4.69) is 0 Å². The van der Waals surface area contributed by atoms with Gasteiger partial charge in [0.25, 0.3) is 0 Å². The van der Waals surface area contributed by atoms with Crippen LogP contribution in [0.2, 0.25) is 0 Å². The molecule has 0 heterocycles. The molecule has 0 fully saturated rings. The van der Waals surface area contributed by atoms with Crippen LogP contribution >= 0.6 is 15.6 Å². The molecule has 1 atom stereocenters. The third kappa shape index (κ3) is 7.22. The molecule has 0 radical (unpaired) electrons. The minimum absolute atomic E-state index is 0.0437. The molecule has 160 valence electrons. The molecule has 29 heavy (non-hydrogen) atoms. The second kappa shape index (κ2) is 10.3. The van der Waals surface area contributed by atoms with Gasteiger partial charge in [-0.1, -0.05) is 36.4 Å². The molecule has 0 aliphatic heterocycles. The van der Waals surface area contributed by atoms with Gasteiger partial charge >= 0.3 is 15.6 Å². The van der Waals surface area contributed by atoms with E-state index < -0.39 is 47.5 Å². The van der Waals surface area contributed by atoms with E-state index in [1.807, 2.05) is 0 Å². The smallest absolute Gasteiger partial charge is 0.396 e. The predicted octanol–water partition coefficient (Wildman–Crippen LogP) is 2.35. The summed E-state index contributed by atoms with van der Waals surface area (Å²) in [6.45, 7) is -2.98. The van der Waals surface area contributed by atoms with Gasteiger partial charge in [0.15, 0.2) is 0 Å². The lowest BCUT2D eigenvalue weighted by Gasteiger charge is -2.28. The number of hydrogen-bond acceptors (Lipinski definition) is 9. The van der Waals surface area contributed by atoms with Crippen molar-refractivity contribution in [1.82, 2.24) is 0 Å². The molecule has 2 aromatic rings. The zero-order valence-electron chi connectivity index (χ0n) is 15.2. The number of aliphatic hydroxyl groups excluding tert-OH is 3. The van der Waals surface area contributed by atoms with E-state index >= 15 is 0 Å². The fraction of sp³-hybridized carbons (Fsp3) is 0.294. The summed E-state index contributed by atoms with van der Waals surface area (Å²) in [5.41, 5.74) is -1.60. The summed E-state index contributed by atoms with van der Waals surface area (Å²) in [6.07, 6.45) is 0. The number of rotatable bonds is 12. The van der Waals surface area contributed by atoms with E-state index in [1.54, 1.807) is 36.4 Å². The molecule has 10 nitrogen and oxygen atoms in total. The SMILES string of the molecule is O=P(O)(OCC(CO)(CO)CO)OP(=O)(Oc1ccccc1)Oc1ccccc1. The minimum atomic E-state index is -5.07. The first kappa shape index (κ1) is 23.5. The van der Waals surface area contributed by atoms with Crippen molar-refractivity contribution < 1.29 is 47.2 Å². The van der Waals surface area contributed by atoms with Crippen molar-refractivity contribution in [1.29, 1.82) is 0 Å². The Morgan fingerprint density at radius 3 is 1.55 bits per heavy atom. The Balaban J connectivity index is 2.21. The Labute approximate surface area is 167 Å². The summed E-state index contributed by atoms with van der Waals surface area (Å²) in [5, 5.41) is 27.8. The van der Waals surface area contributed by atoms with Crippen molar-refractivity contribution in [2.24, 2.45) is 5.41 Å². The molecule has 0 bridgehead atoms. The van der Waals surface area contributed by atoms with Crippen molar-refractivity contribution in [3.63, 3.8) is 0 Å². The Morgan fingerprint density at radius 2 is 1.17 bits per heavy atom. The van der Waals surface area contributed by atoms with Gasteiger partial charge in [-0.05, 0) is 24.3 Å². The lowest BCUT2D eigenvalue weighted by atomic mass is 9.93. The lowest BCUT2D eigenvalue weighted by molar-refractivity contribution is -0.0315. The average Bonchev–Trinajstić information content (AvgIpc) is 2.70. The highest BCUT2D eigenvalue weighted by Crippen LogP contribution is 2.63. The Morgan fingerprint density at radius 1 is 0.759 bits per heavy atom. The maximum Gasteiger partial charge on any atom is 0.596 e. The van der Waals surface area contributed by atoms with Gasteiger partial charge < -0.3 is 29.3 Å². The molecule has 0 amide bonds. The van der Waals surface area contributed by atoms with Gasteiger partial charge in [0.2, 0.25) is 0 Å². The Kier molecular flexibility index (Phi) is 8.39. The fourth-order valence-electron chi connectivity index (χ4n) is 1.93. The fourth-order valence-corrected chi connectivity index (χ4v) is 4.63. The van der Waals surface area contributed by atoms with E-state index in [1.165, 1.54) is 24.3 Å². The summed E-state index contributed by atoms with van der Waals surface area (Å²) in [6, 6.07) is 15.4. The van der Waals surface area contributed by atoms with Gasteiger partial charge in [-0.15, -0.1) is 0 Å². The number of hydrogen-bond donors (Lipinski definition) is 4. The van der Waals surface area contributed by atoms with Crippen LogP contribution in [-0.4, -0.2) is 46.6 Å². The normalized spacial score (nSPS) is 14.2. The molecular weight excluding hydrogens is 426 g/mol. The van der Waals surface area contributed by atoms with Crippen LogP contribution in [0.3, 0.4) is 0 Å². The van der Waals surface area contributed by atoms with Crippen LogP contribution in [0.25, 0.3) is 0 Å². The quantitative estimate of drug-likeness (QED) is 0.356. The van der Waals surface area contributed by atoms with Crippen LogP contribution < -0.4 is 9.05 Å². The van der Waals surface area contributed by atoms with Gasteiger partial charge in [0.1, 0.15) is 11.5 Å².